The summed E-state index contributed by atoms with van der Waals surface area (Å²) in [6.45, 7) is 0.755. The minimum Gasteiger partial charge on any atom is -0.366 e. The van der Waals surface area contributed by atoms with Crippen molar-refractivity contribution in [1.82, 2.24) is 14.7 Å². The summed E-state index contributed by atoms with van der Waals surface area (Å²) < 4.78 is 15.3. The van der Waals surface area contributed by atoms with Crippen molar-refractivity contribution in [1.29, 1.82) is 0 Å². The number of nitrogens with zero attached hydrogens (tertiary/aromatic N) is 3. The fourth-order valence-corrected chi connectivity index (χ4v) is 3.68. The van der Waals surface area contributed by atoms with Crippen LogP contribution < -0.4 is 16.8 Å². The molecule has 1 aromatic heterocycles. The number of benzene rings is 2. The second-order valence-electron chi connectivity index (χ2n) is 7.18. The van der Waals surface area contributed by atoms with Crippen LogP contribution in [0.5, 0.6) is 0 Å². The number of anilines is 1. The summed E-state index contributed by atoms with van der Waals surface area (Å²) in [6, 6.07) is 9.49. The van der Waals surface area contributed by atoms with Gasteiger partial charge in [0.25, 0.3) is 5.91 Å². The van der Waals surface area contributed by atoms with Crippen molar-refractivity contribution in [3.63, 3.8) is 0 Å². The molecule has 0 atom stereocenters. The molecule has 4 rings (SSSR count). The Morgan fingerprint density at radius 3 is 2.41 bits per heavy atom. The molecule has 5 N–H and O–H groups in total. The summed E-state index contributed by atoms with van der Waals surface area (Å²) in [6.07, 6.45) is 0. The van der Waals surface area contributed by atoms with Crippen molar-refractivity contribution in [2.45, 2.75) is 13.1 Å². The van der Waals surface area contributed by atoms with E-state index in [2.05, 4.69) is 10.4 Å². The Labute approximate surface area is 186 Å². The lowest BCUT2D eigenvalue weighted by Crippen LogP contribution is -2.42. The molecule has 164 valence electrons. The topological polar surface area (TPSA) is 136 Å². The summed E-state index contributed by atoms with van der Waals surface area (Å²) in [5.74, 6) is -1.68. The molecule has 4 amide bonds. The summed E-state index contributed by atoms with van der Waals surface area (Å²) in [5.41, 5.74) is 12.8. The summed E-state index contributed by atoms with van der Waals surface area (Å²) in [4.78, 5) is 37.7. The van der Waals surface area contributed by atoms with E-state index in [4.69, 9.17) is 23.1 Å². The molecule has 2 aromatic carbocycles. The maximum atomic E-state index is 13.7. The zero-order valence-corrected chi connectivity index (χ0v) is 17.4. The van der Waals surface area contributed by atoms with Crippen LogP contribution in [0, 0.1) is 5.82 Å². The molecule has 1 aliphatic rings. The number of hydrogen-bond donors (Lipinski definition) is 3. The third-order valence-corrected chi connectivity index (χ3v) is 5.43. The lowest BCUT2D eigenvalue weighted by atomic mass is 10.0. The Hall–Kier alpha value is -3.92. The van der Waals surface area contributed by atoms with Gasteiger partial charge in [0.05, 0.1) is 29.4 Å². The average molecular weight is 457 g/mol. The van der Waals surface area contributed by atoms with Gasteiger partial charge in [-0.2, -0.15) is 5.10 Å². The first-order valence-electron chi connectivity index (χ1n) is 9.55. The largest absolute Gasteiger partial charge is 0.366 e. The molecule has 9 nitrogen and oxygen atoms in total. The Morgan fingerprint density at radius 1 is 1.06 bits per heavy atom. The van der Waals surface area contributed by atoms with Gasteiger partial charge in [-0.3, -0.25) is 14.3 Å². The fourth-order valence-electron chi connectivity index (χ4n) is 3.50. The van der Waals surface area contributed by atoms with E-state index in [1.807, 2.05) is 0 Å². The number of fused-ring (bicyclic) bond motifs is 1. The maximum absolute atomic E-state index is 13.7. The van der Waals surface area contributed by atoms with Gasteiger partial charge >= 0.3 is 6.03 Å². The first kappa shape index (κ1) is 21.3. The highest BCUT2D eigenvalue weighted by atomic mass is 35.5. The molecule has 11 heteroatoms. The molecule has 0 saturated carbocycles. The molecule has 0 bridgehead atoms. The molecule has 32 heavy (non-hydrogen) atoms. The number of nitrogens with one attached hydrogen (secondary N) is 1. The van der Waals surface area contributed by atoms with Crippen molar-refractivity contribution in [3.8, 4) is 11.3 Å². The molecule has 0 spiro atoms. The second-order valence-corrected chi connectivity index (χ2v) is 7.59. The van der Waals surface area contributed by atoms with Gasteiger partial charge in [0, 0.05) is 23.4 Å². The smallest absolute Gasteiger partial charge is 0.315 e. The third-order valence-electron chi connectivity index (χ3n) is 5.14. The number of primary amides is 2. The van der Waals surface area contributed by atoms with Crippen LogP contribution in [-0.2, 0) is 13.1 Å². The van der Waals surface area contributed by atoms with Gasteiger partial charge in [-0.15, -0.1) is 0 Å². The maximum Gasteiger partial charge on any atom is 0.315 e. The lowest BCUT2D eigenvalue weighted by molar-refractivity contribution is 0.0998. The molecule has 0 fully saturated rings. The summed E-state index contributed by atoms with van der Waals surface area (Å²) >= 11 is 5.94. The summed E-state index contributed by atoms with van der Waals surface area (Å²) in [7, 11) is 0. The van der Waals surface area contributed by atoms with Gasteiger partial charge in [0.15, 0.2) is 0 Å². The monoisotopic (exact) mass is 456 g/mol. The number of hydrogen-bond acceptors (Lipinski definition) is 4. The number of carbonyl (C=O) groups is 3. The van der Waals surface area contributed by atoms with Crippen LogP contribution in [0.3, 0.4) is 0 Å². The molecule has 1 aliphatic heterocycles. The van der Waals surface area contributed by atoms with E-state index < -0.39 is 23.7 Å². The van der Waals surface area contributed by atoms with E-state index in [9.17, 15) is 18.8 Å². The highest BCUT2D eigenvalue weighted by Gasteiger charge is 2.30. The minimum atomic E-state index is -0.614. The zero-order valence-electron chi connectivity index (χ0n) is 16.6. The number of amides is 4. The van der Waals surface area contributed by atoms with Crippen molar-refractivity contribution in [2.24, 2.45) is 11.5 Å². The second kappa shape index (κ2) is 8.31. The Kier molecular flexibility index (Phi) is 5.54. The summed E-state index contributed by atoms with van der Waals surface area (Å²) in [5, 5.41) is 7.16. The van der Waals surface area contributed by atoms with Crippen LogP contribution >= 0.6 is 11.6 Å². The van der Waals surface area contributed by atoms with Crippen molar-refractivity contribution >= 4 is 35.1 Å². The van der Waals surface area contributed by atoms with E-state index >= 15 is 0 Å². The number of aromatic nitrogens is 2. The van der Waals surface area contributed by atoms with Gasteiger partial charge in [0.1, 0.15) is 11.5 Å². The van der Waals surface area contributed by atoms with Gasteiger partial charge in [0.2, 0.25) is 5.91 Å². The van der Waals surface area contributed by atoms with Crippen molar-refractivity contribution in [3.05, 3.63) is 70.1 Å². The Morgan fingerprint density at radius 2 is 1.78 bits per heavy atom. The highest BCUT2D eigenvalue weighted by Crippen LogP contribution is 2.31. The van der Waals surface area contributed by atoms with E-state index in [0.717, 1.165) is 0 Å². The van der Waals surface area contributed by atoms with Crippen LogP contribution in [0.25, 0.3) is 11.3 Å². The molecule has 2 heterocycles. The first-order valence-corrected chi connectivity index (χ1v) is 9.93. The van der Waals surface area contributed by atoms with E-state index in [-0.39, 0.29) is 17.1 Å². The molecule has 0 unspecified atom stereocenters. The van der Waals surface area contributed by atoms with Gasteiger partial charge in [-0.25, -0.2) is 9.18 Å². The Bertz CT molecular complexity index is 1240. The SMILES string of the molecule is NC(=O)c1ccc(NC(=O)c2c(-c3ccc(F)c(Cl)c3)nn3c2CN(C(N)=O)CC3)cc1. The first-order chi connectivity index (χ1) is 15.2. The molecule has 0 radical (unpaired) electrons. The van der Waals surface area contributed by atoms with Crippen LogP contribution in [0.15, 0.2) is 42.5 Å². The van der Waals surface area contributed by atoms with E-state index in [0.29, 0.717) is 41.3 Å². The zero-order chi connectivity index (χ0) is 23.0. The molecular formula is C21H18ClFN6O3. The van der Waals surface area contributed by atoms with E-state index in [1.54, 1.807) is 4.68 Å². The predicted octanol–water partition coefficient (Wildman–Crippen LogP) is 2.59. The van der Waals surface area contributed by atoms with Gasteiger partial charge in [-0.05, 0) is 42.5 Å². The van der Waals surface area contributed by atoms with Crippen LogP contribution in [0.2, 0.25) is 5.02 Å². The van der Waals surface area contributed by atoms with Crippen LogP contribution in [0.4, 0.5) is 14.9 Å². The lowest BCUT2D eigenvalue weighted by Gasteiger charge is -2.26. The molecule has 3 aromatic rings. The number of rotatable bonds is 4. The normalized spacial score (nSPS) is 12.9. The van der Waals surface area contributed by atoms with Crippen LogP contribution in [-0.4, -0.2) is 39.1 Å². The van der Waals surface area contributed by atoms with Crippen molar-refractivity contribution in [2.75, 3.05) is 11.9 Å². The molecule has 0 aliphatic carbocycles. The third kappa shape index (κ3) is 4.00. The minimum absolute atomic E-state index is 0.0840. The quantitative estimate of drug-likeness (QED) is 0.555. The Balaban J connectivity index is 1.76. The number of carbonyl (C=O) groups excluding carboxylic acids is 3. The molecular weight excluding hydrogens is 439 g/mol. The van der Waals surface area contributed by atoms with E-state index in [1.165, 1.54) is 47.4 Å². The average Bonchev–Trinajstić information content (AvgIpc) is 3.14. The number of urea groups is 1. The highest BCUT2D eigenvalue weighted by molar-refractivity contribution is 6.31. The number of halogens is 2. The predicted molar refractivity (Wildman–Crippen MR) is 116 cm³/mol. The van der Waals surface area contributed by atoms with Gasteiger partial charge in [-0.1, -0.05) is 11.6 Å². The fraction of sp³-hybridized carbons (Fsp3) is 0.143. The van der Waals surface area contributed by atoms with Crippen LogP contribution in [0.1, 0.15) is 26.4 Å². The standard InChI is InChI=1S/C21H18ClFN6O3/c22-14-9-12(3-6-15(14)23)18-17(16-10-28(21(25)32)7-8-29(16)27-18)20(31)26-13-4-1-11(2-5-13)19(24)30/h1-6,9H,7-8,10H2,(H2,24,30)(H2,25,32)(H,26,31). The van der Waals surface area contributed by atoms with Crippen molar-refractivity contribution < 1.29 is 18.8 Å². The molecule has 0 saturated heterocycles. The number of nitrogens with two attached hydrogens (primary N) is 2. The van der Waals surface area contributed by atoms with Gasteiger partial charge < -0.3 is 21.7 Å².